The van der Waals surface area contributed by atoms with E-state index in [2.05, 4.69) is 21.3 Å². The first-order chi connectivity index (χ1) is 16.4. The summed E-state index contributed by atoms with van der Waals surface area (Å²) < 4.78 is 5.74. The Kier molecular flexibility index (Phi) is 9.07. The van der Waals surface area contributed by atoms with Crippen molar-refractivity contribution in [2.24, 2.45) is 0 Å². The minimum atomic E-state index is -0.331. The van der Waals surface area contributed by atoms with Crippen LogP contribution in [0.1, 0.15) is 29.3 Å². The van der Waals surface area contributed by atoms with E-state index >= 15 is 0 Å². The SMILES string of the molecule is CCC(=O)NC(=S)Nc1ccc(NC(=S)NC(=O)c2ccc(OCc3ccccc3)cc2)cc1. The van der Waals surface area contributed by atoms with Crippen LogP contribution in [0.2, 0.25) is 0 Å². The molecule has 0 saturated heterocycles. The number of hydrogen-bond acceptors (Lipinski definition) is 5. The Morgan fingerprint density at radius 2 is 1.32 bits per heavy atom. The molecule has 0 fully saturated rings. The second-order valence-electron chi connectivity index (χ2n) is 7.14. The average Bonchev–Trinajstić information content (AvgIpc) is 2.84. The molecule has 0 aliphatic heterocycles. The number of hydrogen-bond donors (Lipinski definition) is 4. The Morgan fingerprint density at radius 1 is 0.765 bits per heavy atom. The lowest BCUT2D eigenvalue weighted by atomic mass is 10.2. The highest BCUT2D eigenvalue weighted by Crippen LogP contribution is 2.15. The Labute approximate surface area is 208 Å². The van der Waals surface area contributed by atoms with Gasteiger partial charge in [0, 0.05) is 23.4 Å². The predicted molar refractivity (Wildman–Crippen MR) is 142 cm³/mol. The van der Waals surface area contributed by atoms with E-state index in [0.717, 1.165) is 5.56 Å². The van der Waals surface area contributed by atoms with Gasteiger partial charge in [-0.25, -0.2) is 0 Å². The van der Waals surface area contributed by atoms with Crippen molar-refractivity contribution in [1.82, 2.24) is 10.6 Å². The summed E-state index contributed by atoms with van der Waals surface area (Å²) in [7, 11) is 0. The van der Waals surface area contributed by atoms with E-state index in [-0.39, 0.29) is 22.0 Å². The van der Waals surface area contributed by atoms with Gasteiger partial charge in [0.25, 0.3) is 5.91 Å². The highest BCUT2D eigenvalue weighted by atomic mass is 32.1. The molecule has 0 atom stereocenters. The molecule has 3 aromatic rings. The van der Waals surface area contributed by atoms with Crippen LogP contribution in [0.5, 0.6) is 5.75 Å². The van der Waals surface area contributed by atoms with Gasteiger partial charge in [-0.05, 0) is 78.5 Å². The van der Waals surface area contributed by atoms with Crippen molar-refractivity contribution in [1.29, 1.82) is 0 Å². The molecule has 0 saturated carbocycles. The molecule has 9 heteroatoms. The second-order valence-corrected chi connectivity index (χ2v) is 7.96. The topological polar surface area (TPSA) is 91.5 Å². The van der Waals surface area contributed by atoms with Crippen LogP contribution >= 0.6 is 24.4 Å². The molecule has 4 N–H and O–H groups in total. The fraction of sp³-hybridized carbons (Fsp3) is 0.120. The first-order valence-corrected chi connectivity index (χ1v) is 11.3. The van der Waals surface area contributed by atoms with Crippen LogP contribution in [0, 0.1) is 0 Å². The van der Waals surface area contributed by atoms with Gasteiger partial charge in [-0.2, -0.15) is 0 Å². The number of carbonyl (C=O) groups is 2. The zero-order chi connectivity index (χ0) is 24.3. The second kappa shape index (κ2) is 12.4. The minimum Gasteiger partial charge on any atom is -0.489 e. The summed E-state index contributed by atoms with van der Waals surface area (Å²) in [5.41, 5.74) is 2.91. The third-order valence-corrected chi connectivity index (χ3v) is 4.97. The summed E-state index contributed by atoms with van der Waals surface area (Å²) in [6.45, 7) is 2.20. The first kappa shape index (κ1) is 24.8. The van der Waals surface area contributed by atoms with E-state index < -0.39 is 0 Å². The maximum Gasteiger partial charge on any atom is 0.257 e. The molecular formula is C25H24N4O3S2. The fourth-order valence-electron chi connectivity index (χ4n) is 2.80. The van der Waals surface area contributed by atoms with Gasteiger partial charge in [0.2, 0.25) is 5.91 Å². The number of carbonyl (C=O) groups excluding carboxylic acids is 2. The van der Waals surface area contributed by atoms with Crippen molar-refractivity contribution in [2.45, 2.75) is 20.0 Å². The van der Waals surface area contributed by atoms with Crippen molar-refractivity contribution in [3.05, 3.63) is 90.0 Å². The third-order valence-electron chi connectivity index (χ3n) is 4.57. The molecule has 0 unspecified atom stereocenters. The summed E-state index contributed by atoms with van der Waals surface area (Å²) in [4.78, 5) is 23.9. The van der Waals surface area contributed by atoms with E-state index in [1.807, 2.05) is 30.3 Å². The van der Waals surface area contributed by atoms with Crippen LogP contribution < -0.4 is 26.0 Å². The van der Waals surface area contributed by atoms with E-state index in [1.165, 1.54) is 0 Å². The van der Waals surface area contributed by atoms with Crippen LogP contribution in [0.25, 0.3) is 0 Å². The molecule has 7 nitrogen and oxygen atoms in total. The number of nitrogens with one attached hydrogen (secondary N) is 4. The monoisotopic (exact) mass is 492 g/mol. The molecular weight excluding hydrogens is 468 g/mol. The quantitative estimate of drug-likeness (QED) is 0.358. The molecule has 0 spiro atoms. The zero-order valence-corrected chi connectivity index (χ0v) is 20.1. The predicted octanol–water partition coefficient (Wildman–Crippen LogP) is 4.62. The maximum atomic E-state index is 12.5. The van der Waals surface area contributed by atoms with Crippen LogP contribution in [0.3, 0.4) is 0 Å². The molecule has 174 valence electrons. The van der Waals surface area contributed by atoms with Gasteiger partial charge in [-0.3, -0.25) is 14.9 Å². The Balaban J connectivity index is 1.46. The lowest BCUT2D eigenvalue weighted by Gasteiger charge is -2.12. The molecule has 3 aromatic carbocycles. The van der Waals surface area contributed by atoms with Crippen molar-refractivity contribution in [3.63, 3.8) is 0 Å². The van der Waals surface area contributed by atoms with Crippen molar-refractivity contribution in [2.75, 3.05) is 10.6 Å². The summed E-state index contributed by atoms with van der Waals surface area (Å²) in [5.74, 6) is 0.178. The van der Waals surface area contributed by atoms with Gasteiger partial charge >= 0.3 is 0 Å². The number of amides is 2. The Morgan fingerprint density at radius 3 is 1.88 bits per heavy atom. The van der Waals surface area contributed by atoms with Crippen LogP contribution in [0.15, 0.2) is 78.9 Å². The lowest BCUT2D eigenvalue weighted by Crippen LogP contribution is -2.34. The number of anilines is 2. The smallest absolute Gasteiger partial charge is 0.257 e. The fourth-order valence-corrected chi connectivity index (χ4v) is 3.24. The summed E-state index contributed by atoms with van der Waals surface area (Å²) in [5, 5.41) is 11.5. The Bertz CT molecular complexity index is 1150. The van der Waals surface area contributed by atoms with Crippen molar-refractivity contribution < 1.29 is 14.3 Å². The highest BCUT2D eigenvalue weighted by molar-refractivity contribution is 7.80. The molecule has 0 heterocycles. The van der Waals surface area contributed by atoms with Gasteiger partial charge in [-0.15, -0.1) is 0 Å². The van der Waals surface area contributed by atoms with E-state index in [0.29, 0.717) is 35.7 Å². The van der Waals surface area contributed by atoms with E-state index in [4.69, 9.17) is 29.2 Å². The van der Waals surface area contributed by atoms with Gasteiger partial charge < -0.3 is 20.7 Å². The largest absolute Gasteiger partial charge is 0.489 e. The van der Waals surface area contributed by atoms with E-state index in [9.17, 15) is 9.59 Å². The van der Waals surface area contributed by atoms with Crippen molar-refractivity contribution in [3.8, 4) is 5.75 Å². The highest BCUT2D eigenvalue weighted by Gasteiger charge is 2.09. The molecule has 2 amide bonds. The van der Waals surface area contributed by atoms with Gasteiger partial charge in [0.15, 0.2) is 10.2 Å². The number of benzene rings is 3. The molecule has 3 rings (SSSR count). The molecule has 0 aliphatic carbocycles. The van der Waals surface area contributed by atoms with Crippen LogP contribution in [-0.2, 0) is 11.4 Å². The van der Waals surface area contributed by atoms with Gasteiger partial charge in [0.05, 0.1) is 0 Å². The zero-order valence-electron chi connectivity index (χ0n) is 18.5. The first-order valence-electron chi connectivity index (χ1n) is 10.5. The number of ether oxygens (including phenoxy) is 1. The van der Waals surface area contributed by atoms with Gasteiger partial charge in [0.1, 0.15) is 12.4 Å². The summed E-state index contributed by atoms with van der Waals surface area (Å²) >= 11 is 10.3. The average molecular weight is 493 g/mol. The molecule has 0 aromatic heterocycles. The normalized spacial score (nSPS) is 10.0. The molecule has 0 aliphatic rings. The standard InChI is InChI=1S/C25H24N4O3S2/c1-2-22(30)28-24(33)26-19-10-12-20(13-11-19)27-25(34)29-23(31)18-8-14-21(15-9-18)32-16-17-6-4-3-5-7-17/h3-15H,2,16H2,1H3,(H2,26,28,30,33)(H2,27,29,31,34). The van der Waals surface area contributed by atoms with Crippen LogP contribution in [-0.4, -0.2) is 22.0 Å². The lowest BCUT2D eigenvalue weighted by molar-refractivity contribution is -0.119. The molecule has 34 heavy (non-hydrogen) atoms. The molecule has 0 bridgehead atoms. The minimum absolute atomic E-state index is 0.161. The number of rotatable bonds is 7. The number of thiocarbonyl (C=S) groups is 2. The third kappa shape index (κ3) is 7.95. The summed E-state index contributed by atoms with van der Waals surface area (Å²) in [6.07, 6.45) is 0.347. The summed E-state index contributed by atoms with van der Waals surface area (Å²) in [6, 6.07) is 23.8. The van der Waals surface area contributed by atoms with Crippen LogP contribution in [0.4, 0.5) is 11.4 Å². The molecule has 0 radical (unpaired) electrons. The maximum absolute atomic E-state index is 12.5. The van der Waals surface area contributed by atoms with Gasteiger partial charge in [-0.1, -0.05) is 37.3 Å². The van der Waals surface area contributed by atoms with Crippen molar-refractivity contribution >= 4 is 57.8 Å². The van der Waals surface area contributed by atoms with E-state index in [1.54, 1.807) is 55.5 Å². The Hall–Kier alpha value is -3.82.